The van der Waals surface area contributed by atoms with E-state index in [1.54, 1.807) is 7.11 Å². The van der Waals surface area contributed by atoms with Gasteiger partial charge < -0.3 is 14.8 Å². The van der Waals surface area contributed by atoms with Gasteiger partial charge in [0.1, 0.15) is 12.4 Å². The number of benzene rings is 1. The summed E-state index contributed by atoms with van der Waals surface area (Å²) in [7, 11) is 1.63. The second kappa shape index (κ2) is 10.2. The molecule has 0 heterocycles. The van der Waals surface area contributed by atoms with Gasteiger partial charge in [-0.15, -0.1) is 0 Å². The van der Waals surface area contributed by atoms with Crippen LogP contribution in [0, 0.1) is 0 Å². The van der Waals surface area contributed by atoms with Crippen molar-refractivity contribution < 1.29 is 14.3 Å². The molecule has 1 aromatic carbocycles. The highest BCUT2D eigenvalue weighted by molar-refractivity contribution is 5.77. The minimum atomic E-state index is -0.0816. The Hall–Kier alpha value is -1.59. The number of hydrogen-bond donors (Lipinski definition) is 1. The van der Waals surface area contributed by atoms with Gasteiger partial charge in [0.2, 0.25) is 5.91 Å². The van der Waals surface area contributed by atoms with E-state index in [0.717, 1.165) is 24.4 Å². The Morgan fingerprint density at radius 1 is 1.32 bits per heavy atom. The Kier molecular flexibility index (Phi) is 8.55. The van der Waals surface area contributed by atoms with E-state index in [4.69, 9.17) is 9.47 Å². The SMILES string of the molecule is CCN(CC)[C@@H](C)CNC(=O)COCc1cccc(OC)c1. The van der Waals surface area contributed by atoms with Crippen LogP contribution >= 0.6 is 0 Å². The number of nitrogens with one attached hydrogen (secondary N) is 1. The fraction of sp³-hybridized carbons (Fsp3) is 0.588. The lowest BCUT2D eigenvalue weighted by atomic mass is 10.2. The maximum absolute atomic E-state index is 11.8. The number of nitrogens with zero attached hydrogens (tertiary/aromatic N) is 1. The van der Waals surface area contributed by atoms with Gasteiger partial charge in [0.25, 0.3) is 0 Å². The third kappa shape index (κ3) is 6.45. The van der Waals surface area contributed by atoms with Crippen molar-refractivity contribution in [3.63, 3.8) is 0 Å². The molecule has 0 saturated heterocycles. The number of rotatable bonds is 10. The topological polar surface area (TPSA) is 50.8 Å². The van der Waals surface area contributed by atoms with E-state index < -0.39 is 0 Å². The molecule has 0 spiro atoms. The summed E-state index contributed by atoms with van der Waals surface area (Å²) >= 11 is 0. The fourth-order valence-electron chi connectivity index (χ4n) is 2.31. The van der Waals surface area contributed by atoms with Crippen LogP contribution in [0.3, 0.4) is 0 Å². The average Bonchev–Trinajstić information content (AvgIpc) is 2.54. The van der Waals surface area contributed by atoms with Crippen molar-refractivity contribution >= 4 is 5.91 Å². The molecule has 5 nitrogen and oxygen atoms in total. The first-order valence-corrected chi connectivity index (χ1v) is 7.82. The maximum atomic E-state index is 11.8. The summed E-state index contributed by atoms with van der Waals surface area (Å²) in [6.07, 6.45) is 0. The van der Waals surface area contributed by atoms with Crippen LogP contribution in [0.5, 0.6) is 5.75 Å². The van der Waals surface area contributed by atoms with Gasteiger partial charge in [-0.3, -0.25) is 9.69 Å². The molecule has 0 aliphatic heterocycles. The average molecular weight is 308 g/mol. The number of hydrogen-bond acceptors (Lipinski definition) is 4. The molecule has 0 radical (unpaired) electrons. The van der Waals surface area contributed by atoms with Crippen molar-refractivity contribution in [2.45, 2.75) is 33.4 Å². The normalized spacial score (nSPS) is 12.2. The zero-order valence-electron chi connectivity index (χ0n) is 14.1. The van der Waals surface area contributed by atoms with E-state index in [-0.39, 0.29) is 12.5 Å². The number of ether oxygens (including phenoxy) is 2. The van der Waals surface area contributed by atoms with E-state index >= 15 is 0 Å². The van der Waals surface area contributed by atoms with Gasteiger partial charge in [0.15, 0.2) is 0 Å². The Labute approximate surface area is 133 Å². The third-order valence-corrected chi connectivity index (χ3v) is 3.67. The summed E-state index contributed by atoms with van der Waals surface area (Å²) < 4.78 is 10.6. The number of methoxy groups -OCH3 is 1. The molecule has 1 amide bonds. The van der Waals surface area contributed by atoms with Gasteiger partial charge in [0, 0.05) is 12.6 Å². The first-order chi connectivity index (χ1) is 10.6. The summed E-state index contributed by atoms with van der Waals surface area (Å²) in [5.74, 6) is 0.709. The summed E-state index contributed by atoms with van der Waals surface area (Å²) in [5.41, 5.74) is 0.989. The molecule has 0 unspecified atom stereocenters. The Bertz CT molecular complexity index is 447. The highest BCUT2D eigenvalue weighted by Gasteiger charge is 2.11. The van der Waals surface area contributed by atoms with Crippen LogP contribution in [0.15, 0.2) is 24.3 Å². The number of carbonyl (C=O) groups is 1. The zero-order chi connectivity index (χ0) is 16.4. The van der Waals surface area contributed by atoms with E-state index in [1.807, 2.05) is 24.3 Å². The summed E-state index contributed by atoms with van der Waals surface area (Å²) in [6, 6.07) is 7.97. The number of carbonyl (C=O) groups excluding carboxylic acids is 1. The standard InChI is InChI=1S/C17H28N2O3/c1-5-19(6-2)14(3)11-18-17(20)13-22-12-15-8-7-9-16(10-15)21-4/h7-10,14H,5-6,11-13H2,1-4H3,(H,18,20)/t14-/m0/s1. The second-order valence-electron chi connectivity index (χ2n) is 5.22. The molecule has 1 N–H and O–H groups in total. The minimum absolute atomic E-state index is 0.0716. The molecule has 1 atom stereocenters. The van der Waals surface area contributed by atoms with E-state index in [1.165, 1.54) is 0 Å². The van der Waals surface area contributed by atoms with Gasteiger partial charge in [-0.25, -0.2) is 0 Å². The molecule has 0 bridgehead atoms. The molecule has 1 rings (SSSR count). The van der Waals surface area contributed by atoms with Gasteiger partial charge in [-0.2, -0.15) is 0 Å². The minimum Gasteiger partial charge on any atom is -0.497 e. The van der Waals surface area contributed by atoms with Crippen LogP contribution < -0.4 is 10.1 Å². The largest absolute Gasteiger partial charge is 0.497 e. The Balaban J connectivity index is 2.25. The van der Waals surface area contributed by atoms with Crippen molar-refractivity contribution in [1.82, 2.24) is 10.2 Å². The highest BCUT2D eigenvalue weighted by Crippen LogP contribution is 2.13. The second-order valence-corrected chi connectivity index (χ2v) is 5.22. The molecule has 0 saturated carbocycles. The Morgan fingerprint density at radius 3 is 2.68 bits per heavy atom. The summed E-state index contributed by atoms with van der Waals surface area (Å²) in [5, 5.41) is 2.91. The predicted octanol–water partition coefficient (Wildman–Crippen LogP) is 2.06. The van der Waals surface area contributed by atoms with Crippen LogP contribution in [0.1, 0.15) is 26.3 Å². The molecular formula is C17H28N2O3. The quantitative estimate of drug-likeness (QED) is 0.719. The zero-order valence-corrected chi connectivity index (χ0v) is 14.1. The van der Waals surface area contributed by atoms with Crippen molar-refractivity contribution in [1.29, 1.82) is 0 Å². The molecule has 22 heavy (non-hydrogen) atoms. The van der Waals surface area contributed by atoms with Gasteiger partial charge >= 0.3 is 0 Å². The molecule has 0 aliphatic carbocycles. The fourth-order valence-corrected chi connectivity index (χ4v) is 2.31. The molecule has 0 aliphatic rings. The van der Waals surface area contributed by atoms with Gasteiger partial charge in [-0.05, 0) is 37.7 Å². The van der Waals surface area contributed by atoms with Gasteiger partial charge in [-0.1, -0.05) is 26.0 Å². The smallest absolute Gasteiger partial charge is 0.246 e. The van der Waals surface area contributed by atoms with Crippen LogP contribution in [0.2, 0.25) is 0 Å². The van der Waals surface area contributed by atoms with Crippen molar-refractivity contribution in [2.75, 3.05) is 33.4 Å². The monoisotopic (exact) mass is 308 g/mol. The molecular weight excluding hydrogens is 280 g/mol. The maximum Gasteiger partial charge on any atom is 0.246 e. The van der Waals surface area contributed by atoms with Crippen LogP contribution in [0.25, 0.3) is 0 Å². The predicted molar refractivity (Wildman–Crippen MR) is 88.0 cm³/mol. The number of likely N-dealkylation sites (N-methyl/N-ethyl adjacent to an activating group) is 1. The Morgan fingerprint density at radius 2 is 2.05 bits per heavy atom. The summed E-state index contributed by atoms with van der Waals surface area (Å²) in [4.78, 5) is 14.1. The van der Waals surface area contributed by atoms with E-state index in [0.29, 0.717) is 19.2 Å². The lowest BCUT2D eigenvalue weighted by Gasteiger charge is -2.26. The van der Waals surface area contributed by atoms with Crippen molar-refractivity contribution in [3.8, 4) is 5.75 Å². The first kappa shape index (κ1) is 18.5. The van der Waals surface area contributed by atoms with Crippen molar-refractivity contribution in [2.24, 2.45) is 0 Å². The van der Waals surface area contributed by atoms with Gasteiger partial charge in [0.05, 0.1) is 13.7 Å². The summed E-state index contributed by atoms with van der Waals surface area (Å²) in [6.45, 7) is 9.45. The molecule has 5 heteroatoms. The number of amides is 1. The highest BCUT2D eigenvalue weighted by atomic mass is 16.5. The van der Waals surface area contributed by atoms with Crippen LogP contribution in [-0.4, -0.2) is 50.2 Å². The van der Waals surface area contributed by atoms with E-state index in [9.17, 15) is 4.79 Å². The van der Waals surface area contributed by atoms with Crippen LogP contribution in [-0.2, 0) is 16.1 Å². The molecule has 0 fully saturated rings. The van der Waals surface area contributed by atoms with Crippen molar-refractivity contribution in [3.05, 3.63) is 29.8 Å². The molecule has 1 aromatic rings. The lowest BCUT2D eigenvalue weighted by molar-refractivity contribution is -0.126. The third-order valence-electron chi connectivity index (χ3n) is 3.67. The first-order valence-electron chi connectivity index (χ1n) is 7.82. The van der Waals surface area contributed by atoms with Crippen LogP contribution in [0.4, 0.5) is 0 Å². The van der Waals surface area contributed by atoms with E-state index in [2.05, 4.69) is 31.0 Å². The molecule has 0 aromatic heterocycles. The molecule has 124 valence electrons. The lowest BCUT2D eigenvalue weighted by Crippen LogP contribution is -2.42.